The summed E-state index contributed by atoms with van der Waals surface area (Å²) < 4.78 is 0. The number of aryl methyl sites for hydroxylation is 2. The molecule has 0 atom stereocenters. The molecule has 0 amide bonds. The summed E-state index contributed by atoms with van der Waals surface area (Å²) in [4.78, 5) is 20.6. The van der Waals surface area contributed by atoms with Crippen molar-refractivity contribution in [3.05, 3.63) is 58.9 Å². The van der Waals surface area contributed by atoms with Gasteiger partial charge in [0, 0.05) is 28.7 Å². The number of carbonyl (C=O) groups excluding carboxylic acids is 1. The summed E-state index contributed by atoms with van der Waals surface area (Å²) in [6, 6.07) is 9.66. The van der Waals surface area contributed by atoms with Crippen LogP contribution in [0.25, 0.3) is 0 Å². The number of hydrogen-bond donors (Lipinski definition) is 0. The van der Waals surface area contributed by atoms with Crippen LogP contribution in [0.15, 0.2) is 41.5 Å². The Balaban J connectivity index is 2.47. The van der Waals surface area contributed by atoms with E-state index in [1.165, 1.54) is 0 Å². The van der Waals surface area contributed by atoms with Crippen molar-refractivity contribution < 1.29 is 4.79 Å². The average molecular weight is 266 g/mol. The van der Waals surface area contributed by atoms with Gasteiger partial charge in [-0.2, -0.15) is 0 Å². The molecule has 0 unspecified atom stereocenters. The summed E-state index contributed by atoms with van der Waals surface area (Å²) in [5.74, 6) is 0.0386. The van der Waals surface area contributed by atoms with Gasteiger partial charge in [0.05, 0.1) is 5.69 Å². The number of Topliss-reactive ketones (excluding diaryl/α,β-unsaturated/α-hetero) is 1. The lowest BCUT2D eigenvalue weighted by Crippen LogP contribution is -2.00. The van der Waals surface area contributed by atoms with Crippen molar-refractivity contribution in [1.29, 1.82) is 0 Å². The van der Waals surface area contributed by atoms with E-state index in [9.17, 15) is 4.79 Å². The van der Waals surface area contributed by atoms with Crippen LogP contribution in [0, 0.1) is 13.8 Å². The average Bonchev–Trinajstić information content (AvgIpc) is 2.39. The van der Waals surface area contributed by atoms with Crippen molar-refractivity contribution in [3.8, 4) is 0 Å². The van der Waals surface area contributed by atoms with Gasteiger partial charge >= 0.3 is 0 Å². The van der Waals surface area contributed by atoms with Crippen molar-refractivity contribution >= 4 is 17.2 Å². The number of benzene rings is 1. The summed E-state index contributed by atoms with van der Waals surface area (Å²) in [6.07, 6.45) is 1.80. The van der Waals surface area contributed by atoms with Crippen LogP contribution in [0.1, 0.15) is 41.0 Å². The molecule has 3 heteroatoms. The molecule has 2 aromatic rings. The van der Waals surface area contributed by atoms with E-state index >= 15 is 0 Å². The zero-order chi connectivity index (χ0) is 14.7. The first-order valence-electron chi connectivity index (χ1n) is 6.58. The quantitative estimate of drug-likeness (QED) is 0.621. The Hall–Kier alpha value is -2.29. The van der Waals surface area contributed by atoms with E-state index in [0.29, 0.717) is 5.56 Å². The molecule has 1 aromatic heterocycles. The lowest BCUT2D eigenvalue weighted by molar-refractivity contribution is 0.101. The van der Waals surface area contributed by atoms with E-state index in [2.05, 4.69) is 9.98 Å². The Morgan fingerprint density at radius 2 is 1.85 bits per heavy atom. The van der Waals surface area contributed by atoms with E-state index in [0.717, 1.165) is 28.2 Å². The molecule has 102 valence electrons. The van der Waals surface area contributed by atoms with Gasteiger partial charge in [-0.15, -0.1) is 0 Å². The highest BCUT2D eigenvalue weighted by atomic mass is 16.1. The number of hydrogen-bond acceptors (Lipinski definition) is 3. The Morgan fingerprint density at radius 3 is 2.45 bits per heavy atom. The molecule has 3 nitrogen and oxygen atoms in total. The minimum absolute atomic E-state index is 0.0386. The van der Waals surface area contributed by atoms with E-state index in [-0.39, 0.29) is 5.78 Å². The highest BCUT2D eigenvalue weighted by Gasteiger charge is 2.10. The number of carbonyl (C=O) groups is 1. The molecular formula is C17H18N2O. The Labute approximate surface area is 119 Å². The Bertz CT molecular complexity index is 670. The topological polar surface area (TPSA) is 42.3 Å². The third kappa shape index (κ3) is 2.99. The van der Waals surface area contributed by atoms with E-state index < -0.39 is 0 Å². The summed E-state index contributed by atoms with van der Waals surface area (Å²) in [5, 5.41) is 0. The normalized spacial score (nSPS) is 11.5. The zero-order valence-corrected chi connectivity index (χ0v) is 12.3. The van der Waals surface area contributed by atoms with Crippen LogP contribution in [0.3, 0.4) is 0 Å². The number of aliphatic imine (C=N–C) groups is 1. The Morgan fingerprint density at radius 1 is 1.10 bits per heavy atom. The molecule has 1 aromatic carbocycles. The highest BCUT2D eigenvalue weighted by Crippen LogP contribution is 2.24. The minimum Gasteiger partial charge on any atom is -0.294 e. The predicted octanol–water partition coefficient (Wildman–Crippen LogP) is 4.04. The van der Waals surface area contributed by atoms with Crippen LogP contribution in [-0.2, 0) is 0 Å². The zero-order valence-electron chi connectivity index (χ0n) is 12.3. The van der Waals surface area contributed by atoms with Gasteiger partial charge in [-0.25, -0.2) is 0 Å². The molecule has 0 aliphatic rings. The summed E-state index contributed by atoms with van der Waals surface area (Å²) >= 11 is 0. The van der Waals surface area contributed by atoms with Crippen LogP contribution >= 0.6 is 0 Å². The lowest BCUT2D eigenvalue weighted by atomic mass is 10.0. The number of rotatable bonds is 3. The minimum atomic E-state index is 0.0386. The van der Waals surface area contributed by atoms with Crippen LogP contribution in [-0.4, -0.2) is 16.5 Å². The highest BCUT2D eigenvalue weighted by molar-refractivity contribution is 6.04. The summed E-state index contributed by atoms with van der Waals surface area (Å²) in [7, 11) is 0. The van der Waals surface area contributed by atoms with Crippen molar-refractivity contribution in [2.75, 3.05) is 0 Å². The molecule has 0 spiro atoms. The number of nitrogens with zero attached hydrogens (tertiary/aromatic N) is 2. The van der Waals surface area contributed by atoms with Crippen LogP contribution in [0.4, 0.5) is 5.69 Å². The van der Waals surface area contributed by atoms with Crippen molar-refractivity contribution in [1.82, 2.24) is 4.98 Å². The van der Waals surface area contributed by atoms with Gasteiger partial charge in [0.2, 0.25) is 0 Å². The molecule has 0 bridgehead atoms. The lowest BCUT2D eigenvalue weighted by Gasteiger charge is -2.07. The SMILES string of the molecule is CC(=O)c1c(C)cccc1/N=C(\C)c1ccc(C)nc1. The van der Waals surface area contributed by atoms with Crippen LogP contribution in [0.5, 0.6) is 0 Å². The molecule has 0 saturated heterocycles. The van der Waals surface area contributed by atoms with Gasteiger partial charge in [0.1, 0.15) is 0 Å². The standard InChI is InChI=1S/C17H18N2O/c1-11-6-5-7-16(17(11)14(4)20)19-13(3)15-9-8-12(2)18-10-15/h5-10H,1-4H3/b19-13+. The molecule has 0 saturated carbocycles. The van der Waals surface area contributed by atoms with E-state index in [1.54, 1.807) is 13.1 Å². The van der Waals surface area contributed by atoms with Gasteiger partial charge in [0.25, 0.3) is 0 Å². The summed E-state index contributed by atoms with van der Waals surface area (Å²) in [5.41, 5.74) is 5.15. The maximum atomic E-state index is 11.8. The number of ketones is 1. The third-order valence-corrected chi connectivity index (χ3v) is 3.22. The fourth-order valence-corrected chi connectivity index (χ4v) is 2.13. The van der Waals surface area contributed by atoms with Crippen molar-refractivity contribution in [2.45, 2.75) is 27.7 Å². The van der Waals surface area contributed by atoms with E-state index in [4.69, 9.17) is 0 Å². The van der Waals surface area contributed by atoms with Gasteiger partial charge in [-0.1, -0.05) is 12.1 Å². The molecule has 0 aliphatic heterocycles. The molecule has 0 aliphatic carbocycles. The van der Waals surface area contributed by atoms with Crippen molar-refractivity contribution in [2.24, 2.45) is 4.99 Å². The van der Waals surface area contributed by atoms with Crippen molar-refractivity contribution in [3.63, 3.8) is 0 Å². The maximum absolute atomic E-state index is 11.8. The molecular weight excluding hydrogens is 248 g/mol. The van der Waals surface area contributed by atoms with Gasteiger partial charge in [-0.3, -0.25) is 14.8 Å². The second-order valence-electron chi connectivity index (χ2n) is 4.91. The van der Waals surface area contributed by atoms with E-state index in [1.807, 2.05) is 51.1 Å². The van der Waals surface area contributed by atoms with Crippen LogP contribution < -0.4 is 0 Å². The molecule has 1 heterocycles. The third-order valence-electron chi connectivity index (χ3n) is 3.22. The maximum Gasteiger partial charge on any atom is 0.162 e. The van der Waals surface area contributed by atoms with Gasteiger partial charge in [-0.05, 0) is 51.5 Å². The number of aromatic nitrogens is 1. The Kier molecular flexibility index (Phi) is 4.08. The molecule has 20 heavy (non-hydrogen) atoms. The van der Waals surface area contributed by atoms with Gasteiger partial charge in [0.15, 0.2) is 5.78 Å². The fraction of sp³-hybridized carbons (Fsp3) is 0.235. The molecule has 0 radical (unpaired) electrons. The van der Waals surface area contributed by atoms with Crippen LogP contribution in [0.2, 0.25) is 0 Å². The molecule has 0 fully saturated rings. The second kappa shape index (κ2) is 5.78. The molecule has 0 N–H and O–H groups in total. The smallest absolute Gasteiger partial charge is 0.162 e. The van der Waals surface area contributed by atoms with Gasteiger partial charge < -0.3 is 0 Å². The largest absolute Gasteiger partial charge is 0.294 e. The second-order valence-corrected chi connectivity index (χ2v) is 4.91. The first-order chi connectivity index (χ1) is 9.49. The first kappa shape index (κ1) is 14.1. The number of pyridine rings is 1. The fourth-order valence-electron chi connectivity index (χ4n) is 2.13. The summed E-state index contributed by atoms with van der Waals surface area (Å²) in [6.45, 7) is 7.38. The predicted molar refractivity (Wildman–Crippen MR) is 82.0 cm³/mol. The molecule has 2 rings (SSSR count). The first-order valence-corrected chi connectivity index (χ1v) is 6.58. The monoisotopic (exact) mass is 266 g/mol.